The highest BCUT2D eigenvalue weighted by molar-refractivity contribution is 6.18. The summed E-state index contributed by atoms with van der Waals surface area (Å²) < 4.78 is 13.2. The Morgan fingerprint density at radius 1 is 0.286 bits per heavy atom. The highest BCUT2D eigenvalue weighted by Crippen LogP contribution is 2.44. The fourth-order valence-corrected chi connectivity index (χ4v) is 7.88. The van der Waals surface area contributed by atoms with Gasteiger partial charge in [-0.05, 0) is 40.5 Å². The lowest BCUT2D eigenvalue weighted by Gasteiger charge is -2.10. The van der Waals surface area contributed by atoms with Crippen molar-refractivity contribution in [3.05, 3.63) is 188 Å². The molecule has 0 radical (unpaired) electrons. The molecule has 3 aromatic heterocycles. The normalized spacial score (nSPS) is 11.6. The van der Waals surface area contributed by atoms with E-state index in [0.717, 1.165) is 93.9 Å². The maximum absolute atomic E-state index is 6.74. The number of rotatable bonds is 6. The Morgan fingerprint density at radius 3 is 1.54 bits per heavy atom. The Bertz CT molecular complexity index is 3240. The fourth-order valence-electron chi connectivity index (χ4n) is 7.88. The van der Waals surface area contributed by atoms with Crippen LogP contribution in [-0.2, 0) is 0 Å². The molecule has 0 amide bonds. The summed E-state index contributed by atoms with van der Waals surface area (Å²) >= 11 is 0. The zero-order valence-corrected chi connectivity index (χ0v) is 30.1. The lowest BCUT2D eigenvalue weighted by atomic mass is 9.96. The van der Waals surface area contributed by atoms with E-state index in [9.17, 15) is 0 Å². The van der Waals surface area contributed by atoms with E-state index in [2.05, 4.69) is 133 Å². The number of benzene rings is 8. The molecule has 0 saturated heterocycles. The second-order valence-corrected chi connectivity index (χ2v) is 13.9. The van der Waals surface area contributed by atoms with Crippen LogP contribution in [0.25, 0.3) is 111 Å². The summed E-state index contributed by atoms with van der Waals surface area (Å²) in [5.41, 5.74) is 12.5. The maximum atomic E-state index is 6.74. The van der Waals surface area contributed by atoms with Gasteiger partial charge in [0.25, 0.3) is 0 Å². The fraction of sp³-hybridized carbons (Fsp3) is 0. The van der Waals surface area contributed by atoms with Gasteiger partial charge in [0.05, 0.1) is 0 Å². The van der Waals surface area contributed by atoms with Crippen molar-refractivity contribution in [1.29, 1.82) is 0 Å². The van der Waals surface area contributed by atoms with E-state index in [4.69, 9.17) is 23.8 Å². The predicted molar refractivity (Wildman–Crippen MR) is 227 cm³/mol. The number of aromatic nitrogens is 3. The molecule has 0 saturated carbocycles. The zero-order valence-electron chi connectivity index (χ0n) is 30.1. The Labute approximate surface area is 322 Å². The number of para-hydroxylation sites is 3. The molecule has 0 aliphatic rings. The molecule has 0 aliphatic carbocycles. The second-order valence-electron chi connectivity index (χ2n) is 13.9. The van der Waals surface area contributed by atoms with Crippen LogP contribution < -0.4 is 0 Å². The van der Waals surface area contributed by atoms with E-state index in [0.29, 0.717) is 17.5 Å². The topological polar surface area (TPSA) is 65.0 Å². The second kappa shape index (κ2) is 13.0. The molecule has 0 N–H and O–H groups in total. The zero-order chi connectivity index (χ0) is 37.0. The molecule has 0 unspecified atom stereocenters. The first-order valence-corrected chi connectivity index (χ1v) is 18.7. The minimum Gasteiger partial charge on any atom is -0.455 e. The van der Waals surface area contributed by atoms with E-state index in [1.165, 1.54) is 0 Å². The summed E-state index contributed by atoms with van der Waals surface area (Å²) in [6.07, 6.45) is 0. The largest absolute Gasteiger partial charge is 0.455 e. The molecule has 56 heavy (non-hydrogen) atoms. The molecule has 8 aromatic carbocycles. The van der Waals surface area contributed by atoms with Crippen LogP contribution in [0.2, 0.25) is 0 Å². The Balaban J connectivity index is 1.03. The van der Waals surface area contributed by atoms with Crippen molar-refractivity contribution in [2.75, 3.05) is 0 Å². The van der Waals surface area contributed by atoms with Gasteiger partial charge in [-0.25, -0.2) is 15.0 Å². The van der Waals surface area contributed by atoms with Gasteiger partial charge in [-0.15, -0.1) is 0 Å². The summed E-state index contributed by atoms with van der Waals surface area (Å²) in [4.78, 5) is 15.1. The third kappa shape index (κ3) is 5.37. The predicted octanol–water partition coefficient (Wildman–Crippen LogP) is 13.7. The van der Waals surface area contributed by atoms with Gasteiger partial charge in [0.15, 0.2) is 17.5 Å². The Hall–Kier alpha value is -7.63. The van der Waals surface area contributed by atoms with Crippen molar-refractivity contribution < 1.29 is 8.83 Å². The molecule has 5 heteroatoms. The molecule has 0 spiro atoms. The highest BCUT2D eigenvalue weighted by atomic mass is 16.3. The summed E-state index contributed by atoms with van der Waals surface area (Å²) in [5, 5.41) is 4.31. The summed E-state index contributed by atoms with van der Waals surface area (Å²) in [6.45, 7) is 0. The first-order chi connectivity index (χ1) is 27.7. The molecule has 0 aliphatic heterocycles. The van der Waals surface area contributed by atoms with Crippen LogP contribution in [0.5, 0.6) is 0 Å². The molecule has 0 atom stereocenters. The van der Waals surface area contributed by atoms with Crippen LogP contribution in [0.15, 0.2) is 197 Å². The Kier molecular flexibility index (Phi) is 7.42. The van der Waals surface area contributed by atoms with Crippen LogP contribution in [-0.4, -0.2) is 15.0 Å². The van der Waals surface area contributed by atoms with Gasteiger partial charge in [-0.2, -0.15) is 0 Å². The van der Waals surface area contributed by atoms with E-state index in [-0.39, 0.29) is 0 Å². The van der Waals surface area contributed by atoms with E-state index in [1.54, 1.807) is 0 Å². The molecular weight excluding hydrogens is 687 g/mol. The molecule has 0 bridgehead atoms. The number of fused-ring (bicyclic) bond motifs is 6. The highest BCUT2D eigenvalue weighted by Gasteiger charge is 2.20. The lowest BCUT2D eigenvalue weighted by molar-refractivity contribution is 0.669. The van der Waals surface area contributed by atoms with Crippen LogP contribution >= 0.6 is 0 Å². The summed E-state index contributed by atoms with van der Waals surface area (Å²) in [6, 6.07) is 64.4. The van der Waals surface area contributed by atoms with Crippen molar-refractivity contribution in [3.63, 3.8) is 0 Å². The van der Waals surface area contributed by atoms with Gasteiger partial charge in [0.1, 0.15) is 22.3 Å². The lowest BCUT2D eigenvalue weighted by Crippen LogP contribution is -2.00. The van der Waals surface area contributed by atoms with Crippen LogP contribution in [0.1, 0.15) is 0 Å². The number of nitrogens with zero attached hydrogens (tertiary/aromatic N) is 3. The monoisotopic (exact) mass is 717 g/mol. The van der Waals surface area contributed by atoms with Gasteiger partial charge in [0.2, 0.25) is 0 Å². The average molecular weight is 718 g/mol. The molecule has 5 nitrogen and oxygen atoms in total. The van der Waals surface area contributed by atoms with Crippen LogP contribution in [0, 0.1) is 0 Å². The standard InChI is InChI=1S/C51H31N3O2/c1-3-13-32(14-4-1)33-27-29-35(30-28-33)50-52-49(34-15-5-2-6-16-34)53-51(54-50)37-18-9-17-36(31-37)38-20-10-24-43-46-40(21-12-26-45(46)56-47(38)43)42-23-11-22-41-39-19-7-8-25-44(39)55-48(41)42/h1-31H. The van der Waals surface area contributed by atoms with Gasteiger partial charge < -0.3 is 8.83 Å². The van der Waals surface area contributed by atoms with Crippen molar-refractivity contribution in [1.82, 2.24) is 15.0 Å². The molecule has 3 heterocycles. The van der Waals surface area contributed by atoms with E-state index < -0.39 is 0 Å². The summed E-state index contributed by atoms with van der Waals surface area (Å²) in [5.74, 6) is 1.83. The molecular formula is C51H31N3O2. The average Bonchev–Trinajstić information content (AvgIpc) is 3.86. The van der Waals surface area contributed by atoms with Crippen molar-refractivity contribution in [2.24, 2.45) is 0 Å². The maximum Gasteiger partial charge on any atom is 0.164 e. The van der Waals surface area contributed by atoms with Gasteiger partial charge >= 0.3 is 0 Å². The van der Waals surface area contributed by atoms with Crippen LogP contribution in [0.4, 0.5) is 0 Å². The smallest absolute Gasteiger partial charge is 0.164 e. The number of hydrogen-bond acceptors (Lipinski definition) is 5. The van der Waals surface area contributed by atoms with E-state index >= 15 is 0 Å². The first kappa shape index (κ1) is 31.9. The number of furan rings is 2. The third-order valence-electron chi connectivity index (χ3n) is 10.6. The minimum absolute atomic E-state index is 0.598. The van der Waals surface area contributed by atoms with Gasteiger partial charge in [-0.1, -0.05) is 170 Å². The molecule has 0 fully saturated rings. The quantitative estimate of drug-likeness (QED) is 0.171. The van der Waals surface area contributed by atoms with Crippen molar-refractivity contribution >= 4 is 43.9 Å². The Morgan fingerprint density at radius 2 is 0.750 bits per heavy atom. The van der Waals surface area contributed by atoms with Crippen molar-refractivity contribution in [2.45, 2.75) is 0 Å². The first-order valence-electron chi connectivity index (χ1n) is 18.7. The summed E-state index contributed by atoms with van der Waals surface area (Å²) in [7, 11) is 0. The molecule has 11 rings (SSSR count). The molecule has 262 valence electrons. The van der Waals surface area contributed by atoms with Gasteiger partial charge in [-0.3, -0.25) is 0 Å². The van der Waals surface area contributed by atoms with Crippen LogP contribution in [0.3, 0.4) is 0 Å². The number of hydrogen-bond donors (Lipinski definition) is 0. The third-order valence-corrected chi connectivity index (χ3v) is 10.6. The van der Waals surface area contributed by atoms with E-state index in [1.807, 2.05) is 54.6 Å². The van der Waals surface area contributed by atoms with Gasteiger partial charge in [0, 0.05) is 49.4 Å². The minimum atomic E-state index is 0.598. The molecule has 11 aromatic rings. The SMILES string of the molecule is c1ccc(-c2ccc(-c3nc(-c4ccccc4)nc(-c4cccc(-c5cccc6c5oc5cccc(-c7cccc8c7oc7ccccc78)c56)c4)n3)cc2)cc1. The van der Waals surface area contributed by atoms with Crippen molar-refractivity contribution in [3.8, 4) is 67.5 Å².